The molecule has 0 bridgehead atoms. The van der Waals surface area contributed by atoms with E-state index >= 15 is 0 Å². The molecule has 0 unspecified atom stereocenters. The molecule has 162 valence electrons. The fourth-order valence-corrected chi connectivity index (χ4v) is 3.92. The van der Waals surface area contributed by atoms with E-state index in [4.69, 9.17) is 4.74 Å². The summed E-state index contributed by atoms with van der Waals surface area (Å²) in [6.07, 6.45) is 7.31. The molecule has 0 aliphatic heterocycles. The first kappa shape index (κ1) is 20.2. The van der Waals surface area contributed by atoms with Gasteiger partial charge in [-0.15, -0.1) is 11.3 Å². The SMILES string of the molecule is N#CC1(n2ccc(C(=O)NCC(=O)Nc3nc(-c4cccc(OC5CC5)n4)cs3)c2)CC1. The average molecular weight is 449 g/mol. The molecule has 10 heteroatoms. The standard InChI is InChI=1S/C22H20N6O3S/c23-13-22(7-8-22)28-9-6-14(11-28)20(30)24-10-18(29)27-21-26-17(12-32-21)16-2-1-3-19(25-16)31-15-4-5-15/h1-3,6,9,11-12,15H,4-5,7-8,10H2,(H,24,30)(H,26,27,29). The number of pyridine rings is 1. The Morgan fingerprint density at radius 2 is 2.09 bits per heavy atom. The minimum atomic E-state index is -0.517. The van der Waals surface area contributed by atoms with Gasteiger partial charge < -0.3 is 19.9 Å². The summed E-state index contributed by atoms with van der Waals surface area (Å²) in [5, 5.41) is 16.8. The van der Waals surface area contributed by atoms with Gasteiger partial charge in [0, 0.05) is 23.8 Å². The number of anilines is 1. The number of thiazole rings is 1. The van der Waals surface area contributed by atoms with Gasteiger partial charge in [0.15, 0.2) is 5.13 Å². The van der Waals surface area contributed by atoms with E-state index in [0.29, 0.717) is 28.0 Å². The Morgan fingerprint density at radius 1 is 1.25 bits per heavy atom. The van der Waals surface area contributed by atoms with Crippen molar-refractivity contribution in [1.82, 2.24) is 19.9 Å². The molecule has 0 spiro atoms. The van der Waals surface area contributed by atoms with Gasteiger partial charge >= 0.3 is 0 Å². The first-order chi connectivity index (χ1) is 15.5. The zero-order chi connectivity index (χ0) is 22.1. The Labute approximate surface area is 188 Å². The number of carbonyl (C=O) groups is 2. The van der Waals surface area contributed by atoms with Gasteiger partial charge in [0.2, 0.25) is 11.8 Å². The van der Waals surface area contributed by atoms with Gasteiger partial charge in [-0.05, 0) is 37.8 Å². The van der Waals surface area contributed by atoms with Crippen LogP contribution in [0.2, 0.25) is 0 Å². The number of hydrogen-bond donors (Lipinski definition) is 2. The first-order valence-electron chi connectivity index (χ1n) is 10.3. The van der Waals surface area contributed by atoms with Gasteiger partial charge in [-0.25, -0.2) is 9.97 Å². The molecule has 2 aliphatic rings. The van der Waals surface area contributed by atoms with Crippen LogP contribution in [0, 0.1) is 11.3 Å². The Hall–Kier alpha value is -3.71. The minimum Gasteiger partial charge on any atom is -0.474 e. The second kappa shape index (κ2) is 8.09. The molecule has 3 aromatic heterocycles. The highest BCUT2D eigenvalue weighted by Gasteiger charge is 2.45. The van der Waals surface area contributed by atoms with Crippen molar-refractivity contribution in [2.75, 3.05) is 11.9 Å². The van der Waals surface area contributed by atoms with E-state index < -0.39 is 5.54 Å². The summed E-state index contributed by atoms with van der Waals surface area (Å²) in [4.78, 5) is 33.5. The van der Waals surface area contributed by atoms with Crippen LogP contribution < -0.4 is 15.4 Å². The molecular weight excluding hydrogens is 428 g/mol. The van der Waals surface area contributed by atoms with E-state index in [0.717, 1.165) is 25.7 Å². The van der Waals surface area contributed by atoms with Crippen LogP contribution in [0.3, 0.4) is 0 Å². The third-order valence-electron chi connectivity index (χ3n) is 5.34. The van der Waals surface area contributed by atoms with Crippen LogP contribution >= 0.6 is 11.3 Å². The van der Waals surface area contributed by atoms with E-state index in [-0.39, 0.29) is 24.5 Å². The molecule has 2 N–H and O–H groups in total. The molecule has 0 aromatic carbocycles. The number of nitrogens with zero attached hydrogens (tertiary/aromatic N) is 4. The maximum Gasteiger partial charge on any atom is 0.253 e. The van der Waals surface area contributed by atoms with Gasteiger partial charge in [0.1, 0.15) is 17.3 Å². The highest BCUT2D eigenvalue weighted by atomic mass is 32.1. The number of hydrogen-bond acceptors (Lipinski definition) is 7. The first-order valence-corrected chi connectivity index (χ1v) is 11.2. The molecule has 3 heterocycles. The van der Waals surface area contributed by atoms with Crippen molar-refractivity contribution < 1.29 is 14.3 Å². The van der Waals surface area contributed by atoms with Crippen LogP contribution in [0.4, 0.5) is 5.13 Å². The van der Waals surface area contributed by atoms with E-state index in [1.807, 2.05) is 23.6 Å². The lowest BCUT2D eigenvalue weighted by molar-refractivity contribution is -0.115. The molecule has 0 saturated heterocycles. The molecule has 0 atom stereocenters. The number of nitriles is 1. The summed E-state index contributed by atoms with van der Waals surface area (Å²) < 4.78 is 7.48. The quantitative estimate of drug-likeness (QED) is 0.546. The second-order valence-corrected chi connectivity index (χ2v) is 8.76. The monoisotopic (exact) mass is 448 g/mol. The summed E-state index contributed by atoms with van der Waals surface area (Å²) in [6.45, 7) is -0.189. The van der Waals surface area contributed by atoms with Crippen LogP contribution in [0.15, 0.2) is 42.0 Å². The number of aromatic nitrogens is 3. The highest BCUT2D eigenvalue weighted by molar-refractivity contribution is 7.14. The highest BCUT2D eigenvalue weighted by Crippen LogP contribution is 2.42. The minimum absolute atomic E-state index is 0.189. The van der Waals surface area contributed by atoms with Crippen molar-refractivity contribution in [1.29, 1.82) is 5.26 Å². The number of rotatable bonds is 8. The topological polar surface area (TPSA) is 122 Å². The number of ether oxygens (including phenoxy) is 1. The average Bonchev–Trinajstić information content (AvgIpc) is 3.69. The maximum absolute atomic E-state index is 12.3. The third kappa shape index (κ3) is 4.33. The largest absolute Gasteiger partial charge is 0.474 e. The summed E-state index contributed by atoms with van der Waals surface area (Å²) in [5.74, 6) is -0.181. The fraction of sp³-hybridized carbons (Fsp3) is 0.318. The summed E-state index contributed by atoms with van der Waals surface area (Å²) in [6, 6.07) is 9.44. The normalized spacial score (nSPS) is 16.1. The van der Waals surface area contributed by atoms with Crippen molar-refractivity contribution in [3.05, 3.63) is 47.6 Å². The van der Waals surface area contributed by atoms with E-state index in [2.05, 4.69) is 26.7 Å². The van der Waals surface area contributed by atoms with Crippen LogP contribution in [-0.4, -0.2) is 39.0 Å². The van der Waals surface area contributed by atoms with Crippen LogP contribution in [0.1, 0.15) is 36.0 Å². The van der Waals surface area contributed by atoms with E-state index in [1.165, 1.54) is 11.3 Å². The number of carbonyl (C=O) groups excluding carboxylic acids is 2. The Balaban J connectivity index is 1.15. The zero-order valence-corrected chi connectivity index (χ0v) is 17.9. The molecule has 2 fully saturated rings. The van der Waals surface area contributed by atoms with Crippen molar-refractivity contribution in [3.63, 3.8) is 0 Å². The molecule has 9 nitrogen and oxygen atoms in total. The molecule has 0 radical (unpaired) electrons. The van der Waals surface area contributed by atoms with Gasteiger partial charge in [-0.1, -0.05) is 6.07 Å². The lowest BCUT2D eigenvalue weighted by Crippen LogP contribution is -2.32. The smallest absolute Gasteiger partial charge is 0.253 e. The zero-order valence-electron chi connectivity index (χ0n) is 17.1. The lowest BCUT2D eigenvalue weighted by atomic mass is 10.3. The van der Waals surface area contributed by atoms with Gasteiger partial charge in [-0.2, -0.15) is 5.26 Å². The molecule has 32 heavy (non-hydrogen) atoms. The van der Waals surface area contributed by atoms with Crippen LogP contribution in [0.25, 0.3) is 11.4 Å². The second-order valence-electron chi connectivity index (χ2n) is 7.90. The summed E-state index contributed by atoms with van der Waals surface area (Å²) in [5.41, 5.74) is 1.21. The third-order valence-corrected chi connectivity index (χ3v) is 6.10. The Bertz CT molecular complexity index is 1220. The van der Waals surface area contributed by atoms with Crippen molar-refractivity contribution in [3.8, 4) is 23.3 Å². The van der Waals surface area contributed by atoms with Gasteiger partial charge in [-0.3, -0.25) is 9.59 Å². The molecule has 2 saturated carbocycles. The number of amides is 2. The van der Waals surface area contributed by atoms with Gasteiger partial charge in [0.05, 0.1) is 23.9 Å². The predicted octanol–water partition coefficient (Wildman–Crippen LogP) is 2.93. The van der Waals surface area contributed by atoms with Gasteiger partial charge in [0.25, 0.3) is 5.91 Å². The summed E-state index contributed by atoms with van der Waals surface area (Å²) >= 11 is 1.28. The van der Waals surface area contributed by atoms with Crippen molar-refractivity contribution >= 4 is 28.3 Å². The summed E-state index contributed by atoms with van der Waals surface area (Å²) in [7, 11) is 0. The molecule has 2 aliphatic carbocycles. The molecule has 5 rings (SSSR count). The predicted molar refractivity (Wildman–Crippen MR) is 117 cm³/mol. The molecule has 2 amide bonds. The Morgan fingerprint density at radius 3 is 2.84 bits per heavy atom. The van der Waals surface area contributed by atoms with Crippen molar-refractivity contribution in [2.24, 2.45) is 0 Å². The van der Waals surface area contributed by atoms with E-state index in [1.54, 1.807) is 23.0 Å². The van der Waals surface area contributed by atoms with Crippen LogP contribution in [0.5, 0.6) is 5.88 Å². The lowest BCUT2D eigenvalue weighted by Gasteiger charge is -2.07. The maximum atomic E-state index is 12.3. The van der Waals surface area contributed by atoms with Crippen molar-refractivity contribution in [2.45, 2.75) is 37.3 Å². The van der Waals surface area contributed by atoms with Crippen LogP contribution in [-0.2, 0) is 10.3 Å². The number of nitrogens with one attached hydrogen (secondary N) is 2. The molecular formula is C22H20N6O3S. The van der Waals surface area contributed by atoms with E-state index in [9.17, 15) is 14.9 Å². The molecule has 3 aromatic rings. The Kier molecular flexibility index (Phi) is 5.11. The fourth-order valence-electron chi connectivity index (χ4n) is 3.20.